The average Bonchev–Trinajstić information content (AvgIpc) is 2.50. The molecule has 0 unspecified atom stereocenters. The zero-order valence-electron chi connectivity index (χ0n) is 11.2. The van der Waals surface area contributed by atoms with Crippen molar-refractivity contribution in [2.45, 2.75) is 0 Å². The average molecular weight is 298 g/mol. The van der Waals surface area contributed by atoms with Crippen molar-refractivity contribution in [2.75, 3.05) is 5.73 Å². The van der Waals surface area contributed by atoms with Crippen LogP contribution in [0.3, 0.4) is 0 Å². The monoisotopic (exact) mass is 298 g/mol. The number of nitrogens with two attached hydrogens (primary N) is 1. The van der Waals surface area contributed by atoms with Gasteiger partial charge in [0.05, 0.1) is 11.4 Å². The molecule has 0 saturated carbocycles. The Hall–Kier alpha value is -3.22. The van der Waals surface area contributed by atoms with E-state index in [-0.39, 0.29) is 17.4 Å². The first-order valence-electron chi connectivity index (χ1n) is 6.32. The van der Waals surface area contributed by atoms with E-state index in [0.717, 1.165) is 6.07 Å². The summed E-state index contributed by atoms with van der Waals surface area (Å²) in [6, 6.07) is 8.44. The van der Waals surface area contributed by atoms with Gasteiger partial charge in [-0.15, -0.1) is 0 Å². The summed E-state index contributed by atoms with van der Waals surface area (Å²) in [6.07, 6.45) is 1.45. The van der Waals surface area contributed by atoms with E-state index in [9.17, 15) is 14.6 Å². The molecule has 2 heterocycles. The summed E-state index contributed by atoms with van der Waals surface area (Å²) in [6.45, 7) is 0. The molecule has 0 radical (unpaired) electrons. The summed E-state index contributed by atoms with van der Waals surface area (Å²) >= 11 is 0. The number of benzene rings is 1. The minimum absolute atomic E-state index is 0.0554. The highest BCUT2D eigenvalue weighted by Gasteiger charge is 2.12. The first-order chi connectivity index (χ1) is 10.5. The lowest BCUT2D eigenvalue weighted by molar-refractivity contribution is 0.432. The highest BCUT2D eigenvalue weighted by Crippen LogP contribution is 2.30. The maximum atomic E-state index is 13.5. The molecule has 0 saturated heterocycles. The van der Waals surface area contributed by atoms with Gasteiger partial charge in [-0.05, 0) is 36.4 Å². The second kappa shape index (κ2) is 5.28. The molecule has 0 bridgehead atoms. The lowest BCUT2D eigenvalue weighted by atomic mass is 10.1. The van der Waals surface area contributed by atoms with Crippen molar-refractivity contribution in [2.24, 2.45) is 0 Å². The number of aromatic hydroxyl groups is 2. The summed E-state index contributed by atoms with van der Waals surface area (Å²) < 4.78 is 13.5. The third-order valence-electron chi connectivity index (χ3n) is 3.03. The van der Waals surface area contributed by atoms with E-state index >= 15 is 0 Å². The molecule has 7 heteroatoms. The molecule has 0 aliphatic rings. The van der Waals surface area contributed by atoms with Gasteiger partial charge in [-0.1, -0.05) is 0 Å². The van der Waals surface area contributed by atoms with Crippen LogP contribution in [0, 0.1) is 5.82 Å². The molecule has 2 aromatic heterocycles. The van der Waals surface area contributed by atoms with Crippen LogP contribution in [0.15, 0.2) is 42.6 Å². The fourth-order valence-electron chi connectivity index (χ4n) is 1.97. The maximum absolute atomic E-state index is 13.5. The SMILES string of the molecule is Nc1nccc(-c2nc(-c3ccc(O)c(F)c3)ccc2O)n1. The number of pyridine rings is 1. The van der Waals surface area contributed by atoms with E-state index < -0.39 is 11.6 Å². The second-order valence-corrected chi connectivity index (χ2v) is 4.53. The van der Waals surface area contributed by atoms with Crippen LogP contribution in [0.5, 0.6) is 11.5 Å². The number of hydrogen-bond donors (Lipinski definition) is 3. The Kier molecular flexibility index (Phi) is 3.30. The molecule has 3 rings (SSSR count). The molecule has 3 aromatic rings. The van der Waals surface area contributed by atoms with E-state index in [4.69, 9.17) is 5.73 Å². The Bertz CT molecular complexity index is 855. The molecule has 6 nitrogen and oxygen atoms in total. The number of nitrogens with zero attached hydrogens (tertiary/aromatic N) is 3. The molecular weight excluding hydrogens is 287 g/mol. The van der Waals surface area contributed by atoms with Gasteiger partial charge in [-0.2, -0.15) is 0 Å². The van der Waals surface area contributed by atoms with Crippen molar-refractivity contribution < 1.29 is 14.6 Å². The standard InChI is InChI=1S/C15H11FN4O2/c16-9-7-8(1-3-12(9)21)10-2-4-13(22)14(19-10)11-5-6-18-15(17)20-11/h1-7,21-22H,(H2,17,18,20). The summed E-state index contributed by atoms with van der Waals surface area (Å²) in [5, 5.41) is 19.2. The largest absolute Gasteiger partial charge is 0.506 e. The maximum Gasteiger partial charge on any atom is 0.220 e. The van der Waals surface area contributed by atoms with Crippen LogP contribution in [0.25, 0.3) is 22.6 Å². The Morgan fingerprint density at radius 1 is 0.909 bits per heavy atom. The summed E-state index contributed by atoms with van der Waals surface area (Å²) in [5.74, 6) is -1.22. The van der Waals surface area contributed by atoms with Crippen LogP contribution >= 0.6 is 0 Å². The molecule has 0 spiro atoms. The van der Waals surface area contributed by atoms with Gasteiger partial charge in [0.15, 0.2) is 11.6 Å². The van der Waals surface area contributed by atoms with Crippen LogP contribution in [0.4, 0.5) is 10.3 Å². The third-order valence-corrected chi connectivity index (χ3v) is 3.03. The van der Waals surface area contributed by atoms with E-state index in [1.807, 2.05) is 0 Å². The fraction of sp³-hybridized carbons (Fsp3) is 0. The van der Waals surface area contributed by atoms with Gasteiger partial charge < -0.3 is 15.9 Å². The zero-order chi connectivity index (χ0) is 15.7. The van der Waals surface area contributed by atoms with Crippen molar-refractivity contribution >= 4 is 5.95 Å². The molecule has 1 aromatic carbocycles. The summed E-state index contributed by atoms with van der Waals surface area (Å²) in [4.78, 5) is 12.1. The van der Waals surface area contributed by atoms with E-state index in [1.54, 1.807) is 6.07 Å². The number of rotatable bonds is 2. The van der Waals surface area contributed by atoms with E-state index in [0.29, 0.717) is 17.0 Å². The zero-order valence-corrected chi connectivity index (χ0v) is 11.2. The molecule has 0 atom stereocenters. The van der Waals surface area contributed by atoms with Crippen molar-refractivity contribution in [1.82, 2.24) is 15.0 Å². The van der Waals surface area contributed by atoms with Crippen molar-refractivity contribution in [1.29, 1.82) is 0 Å². The topological polar surface area (TPSA) is 105 Å². The Morgan fingerprint density at radius 2 is 1.68 bits per heavy atom. The van der Waals surface area contributed by atoms with Gasteiger partial charge in [0.25, 0.3) is 0 Å². The quantitative estimate of drug-likeness (QED) is 0.670. The Morgan fingerprint density at radius 3 is 2.41 bits per heavy atom. The highest BCUT2D eigenvalue weighted by molar-refractivity contribution is 5.69. The minimum atomic E-state index is -0.750. The molecular formula is C15H11FN4O2. The van der Waals surface area contributed by atoms with E-state index in [1.165, 1.54) is 30.5 Å². The molecule has 22 heavy (non-hydrogen) atoms. The van der Waals surface area contributed by atoms with Crippen molar-refractivity contribution in [3.05, 3.63) is 48.4 Å². The van der Waals surface area contributed by atoms with Gasteiger partial charge in [0.1, 0.15) is 11.4 Å². The number of phenols is 1. The third kappa shape index (κ3) is 2.51. The number of nitrogen functional groups attached to an aromatic ring is 1. The minimum Gasteiger partial charge on any atom is -0.506 e. The number of hydrogen-bond acceptors (Lipinski definition) is 6. The molecule has 0 aliphatic carbocycles. The van der Waals surface area contributed by atoms with E-state index in [2.05, 4.69) is 15.0 Å². The van der Waals surface area contributed by atoms with Crippen molar-refractivity contribution in [3.63, 3.8) is 0 Å². The molecule has 0 amide bonds. The number of halogens is 1. The fourth-order valence-corrected chi connectivity index (χ4v) is 1.97. The van der Waals surface area contributed by atoms with Crippen molar-refractivity contribution in [3.8, 4) is 34.1 Å². The van der Waals surface area contributed by atoms with Gasteiger partial charge in [-0.25, -0.2) is 19.3 Å². The first kappa shape index (κ1) is 13.7. The lowest BCUT2D eigenvalue weighted by Gasteiger charge is -2.07. The summed E-state index contributed by atoms with van der Waals surface area (Å²) in [5.41, 5.74) is 6.96. The first-order valence-corrected chi connectivity index (χ1v) is 6.32. The lowest BCUT2D eigenvalue weighted by Crippen LogP contribution is -1.97. The second-order valence-electron chi connectivity index (χ2n) is 4.53. The predicted molar refractivity (Wildman–Crippen MR) is 78.4 cm³/mol. The van der Waals surface area contributed by atoms with Gasteiger partial charge in [-0.3, -0.25) is 0 Å². The normalized spacial score (nSPS) is 10.6. The summed E-state index contributed by atoms with van der Waals surface area (Å²) in [7, 11) is 0. The molecule has 0 aliphatic heterocycles. The number of anilines is 1. The number of aromatic nitrogens is 3. The Balaban J connectivity index is 2.12. The van der Waals surface area contributed by atoms with Crippen LogP contribution < -0.4 is 5.73 Å². The van der Waals surface area contributed by atoms with Crippen LogP contribution in [0.1, 0.15) is 0 Å². The van der Waals surface area contributed by atoms with Gasteiger partial charge in [0, 0.05) is 11.8 Å². The predicted octanol–water partition coefficient (Wildman–Crippen LogP) is 2.34. The van der Waals surface area contributed by atoms with Crippen LogP contribution in [-0.4, -0.2) is 25.2 Å². The van der Waals surface area contributed by atoms with Gasteiger partial charge >= 0.3 is 0 Å². The van der Waals surface area contributed by atoms with Crippen LogP contribution in [-0.2, 0) is 0 Å². The van der Waals surface area contributed by atoms with Gasteiger partial charge in [0.2, 0.25) is 5.95 Å². The molecule has 4 N–H and O–H groups in total. The highest BCUT2D eigenvalue weighted by atomic mass is 19.1. The smallest absolute Gasteiger partial charge is 0.220 e. The number of phenolic OH excluding ortho intramolecular Hbond substituents is 1. The molecule has 0 fully saturated rings. The van der Waals surface area contributed by atoms with Crippen LogP contribution in [0.2, 0.25) is 0 Å². The Labute approximate surface area is 124 Å². The molecule has 110 valence electrons.